The van der Waals surface area contributed by atoms with Crippen LogP contribution in [0.4, 0.5) is 17.2 Å². The average Bonchev–Trinajstić information content (AvgIpc) is 2.54. The zero-order valence-corrected chi connectivity index (χ0v) is 12.4. The van der Waals surface area contributed by atoms with Gasteiger partial charge in [0, 0.05) is 36.1 Å². The summed E-state index contributed by atoms with van der Waals surface area (Å²) < 4.78 is 0. The molecule has 0 aliphatic heterocycles. The molecule has 0 bridgehead atoms. The van der Waals surface area contributed by atoms with Crippen LogP contribution in [0, 0.1) is 0 Å². The second-order valence-electron chi connectivity index (χ2n) is 5.04. The molecule has 3 rings (SSSR count). The molecule has 1 N–H and O–H groups in total. The fourth-order valence-electron chi connectivity index (χ4n) is 2.35. The number of nitrogens with one attached hydrogen (secondary N) is 1. The molecule has 0 saturated carbocycles. The van der Waals surface area contributed by atoms with Crippen molar-refractivity contribution in [2.24, 2.45) is 0 Å². The van der Waals surface area contributed by atoms with Gasteiger partial charge in [-0.15, -0.1) is 5.10 Å². The Morgan fingerprint density at radius 1 is 1.09 bits per heavy atom. The van der Waals surface area contributed by atoms with Crippen molar-refractivity contribution in [1.82, 2.24) is 10.2 Å². The van der Waals surface area contributed by atoms with E-state index in [1.807, 2.05) is 60.5 Å². The van der Waals surface area contributed by atoms with Gasteiger partial charge in [-0.25, -0.2) is 0 Å². The van der Waals surface area contributed by atoms with Gasteiger partial charge in [-0.2, -0.15) is 5.10 Å². The van der Waals surface area contributed by atoms with Crippen LogP contribution in [0.2, 0.25) is 0 Å². The summed E-state index contributed by atoms with van der Waals surface area (Å²) in [6, 6.07) is 15.6. The van der Waals surface area contributed by atoms with Crippen molar-refractivity contribution < 1.29 is 4.79 Å². The fraction of sp³-hybridized carbons (Fsp3) is 0.118. The Morgan fingerprint density at radius 2 is 1.82 bits per heavy atom. The number of hydrogen-bond acceptors (Lipinski definition) is 4. The molecule has 0 aliphatic rings. The molecule has 0 fully saturated rings. The van der Waals surface area contributed by atoms with E-state index in [-0.39, 0.29) is 5.91 Å². The van der Waals surface area contributed by atoms with Gasteiger partial charge in [0.05, 0.1) is 6.20 Å². The largest absolute Gasteiger partial charge is 0.327 e. The molecule has 0 unspecified atom stereocenters. The Morgan fingerprint density at radius 3 is 2.55 bits per heavy atom. The van der Waals surface area contributed by atoms with E-state index in [0.717, 1.165) is 28.0 Å². The first-order valence-electron chi connectivity index (χ1n) is 6.97. The predicted molar refractivity (Wildman–Crippen MR) is 88.3 cm³/mol. The van der Waals surface area contributed by atoms with Gasteiger partial charge in [0.2, 0.25) is 5.91 Å². The highest BCUT2D eigenvalue weighted by Gasteiger charge is 2.10. The third kappa shape index (κ3) is 2.74. The first-order chi connectivity index (χ1) is 10.6. The number of carbonyl (C=O) groups excluding carboxylic acids is 1. The van der Waals surface area contributed by atoms with Gasteiger partial charge in [-0.3, -0.25) is 4.79 Å². The first kappa shape index (κ1) is 14.0. The Bertz CT molecular complexity index is 809. The number of rotatable bonds is 3. The summed E-state index contributed by atoms with van der Waals surface area (Å²) in [5.41, 5.74) is 1.74. The van der Waals surface area contributed by atoms with Gasteiger partial charge in [0.25, 0.3) is 0 Å². The number of benzene rings is 2. The number of amides is 1. The van der Waals surface area contributed by atoms with Gasteiger partial charge < -0.3 is 10.2 Å². The molecule has 3 aromatic rings. The fourth-order valence-corrected chi connectivity index (χ4v) is 2.35. The van der Waals surface area contributed by atoms with E-state index >= 15 is 0 Å². The standard InChI is InChI=1S/C17H16N4O/c1-12(22)19-14-7-9-15(10-8-14)21(2)17-16-6-4-3-5-13(16)11-18-20-17/h3-11H,1-2H3,(H,19,22). The second-order valence-corrected chi connectivity index (χ2v) is 5.04. The Hall–Kier alpha value is -2.95. The molecule has 5 heteroatoms. The van der Waals surface area contributed by atoms with Crippen molar-refractivity contribution in [1.29, 1.82) is 0 Å². The van der Waals surface area contributed by atoms with Crippen LogP contribution in [0.5, 0.6) is 0 Å². The monoisotopic (exact) mass is 292 g/mol. The quantitative estimate of drug-likeness (QED) is 0.804. The maximum Gasteiger partial charge on any atom is 0.221 e. The van der Waals surface area contributed by atoms with E-state index in [4.69, 9.17) is 0 Å². The predicted octanol–water partition coefficient (Wildman–Crippen LogP) is 3.36. The number of anilines is 3. The molecule has 5 nitrogen and oxygen atoms in total. The van der Waals surface area contributed by atoms with Crippen LogP contribution >= 0.6 is 0 Å². The Kier molecular flexibility index (Phi) is 3.70. The topological polar surface area (TPSA) is 58.1 Å². The van der Waals surface area contributed by atoms with Crippen molar-refractivity contribution in [3.8, 4) is 0 Å². The highest BCUT2D eigenvalue weighted by Crippen LogP contribution is 2.28. The van der Waals surface area contributed by atoms with Gasteiger partial charge in [-0.05, 0) is 24.3 Å². The third-order valence-corrected chi connectivity index (χ3v) is 3.44. The molecule has 1 amide bonds. The SMILES string of the molecule is CC(=O)Nc1ccc(N(C)c2nncc3ccccc23)cc1. The summed E-state index contributed by atoms with van der Waals surface area (Å²) in [4.78, 5) is 13.0. The Labute approximate surface area is 128 Å². The minimum atomic E-state index is -0.0824. The van der Waals surface area contributed by atoms with Crippen LogP contribution in [0.25, 0.3) is 10.8 Å². The van der Waals surface area contributed by atoms with Crippen molar-refractivity contribution in [2.45, 2.75) is 6.92 Å². The van der Waals surface area contributed by atoms with E-state index in [9.17, 15) is 4.79 Å². The van der Waals surface area contributed by atoms with Gasteiger partial charge in [0.15, 0.2) is 5.82 Å². The molecule has 0 radical (unpaired) electrons. The van der Waals surface area contributed by atoms with Crippen LogP contribution in [-0.2, 0) is 4.79 Å². The maximum absolute atomic E-state index is 11.1. The molecule has 0 spiro atoms. The van der Waals surface area contributed by atoms with Crippen LogP contribution in [0.15, 0.2) is 54.7 Å². The summed E-state index contributed by atoms with van der Waals surface area (Å²) in [5, 5.41) is 13.2. The number of fused-ring (bicyclic) bond motifs is 1. The second kappa shape index (κ2) is 5.81. The van der Waals surface area contributed by atoms with Gasteiger partial charge in [0.1, 0.15) is 0 Å². The number of nitrogens with zero attached hydrogens (tertiary/aromatic N) is 3. The molecule has 0 aliphatic carbocycles. The maximum atomic E-state index is 11.1. The highest BCUT2D eigenvalue weighted by molar-refractivity contribution is 5.93. The van der Waals surface area contributed by atoms with E-state index in [1.165, 1.54) is 6.92 Å². The lowest BCUT2D eigenvalue weighted by atomic mass is 10.2. The molecule has 1 heterocycles. The minimum absolute atomic E-state index is 0.0824. The van der Waals surface area contributed by atoms with Crippen molar-refractivity contribution in [3.63, 3.8) is 0 Å². The summed E-state index contributed by atoms with van der Waals surface area (Å²) >= 11 is 0. The smallest absolute Gasteiger partial charge is 0.221 e. The Balaban J connectivity index is 1.95. The van der Waals surface area contributed by atoms with Crippen molar-refractivity contribution >= 4 is 33.9 Å². The number of hydrogen-bond donors (Lipinski definition) is 1. The number of carbonyl (C=O) groups is 1. The minimum Gasteiger partial charge on any atom is -0.327 e. The zero-order chi connectivity index (χ0) is 15.5. The lowest BCUT2D eigenvalue weighted by molar-refractivity contribution is -0.114. The first-order valence-corrected chi connectivity index (χ1v) is 6.97. The van der Waals surface area contributed by atoms with Crippen molar-refractivity contribution in [2.75, 3.05) is 17.3 Å². The molecule has 0 atom stereocenters. The summed E-state index contributed by atoms with van der Waals surface area (Å²) in [5.74, 6) is 0.714. The molecular formula is C17H16N4O. The van der Waals surface area contributed by atoms with Crippen LogP contribution in [-0.4, -0.2) is 23.2 Å². The van der Waals surface area contributed by atoms with E-state index in [0.29, 0.717) is 0 Å². The molecular weight excluding hydrogens is 276 g/mol. The van der Waals surface area contributed by atoms with Gasteiger partial charge >= 0.3 is 0 Å². The third-order valence-electron chi connectivity index (χ3n) is 3.44. The molecule has 22 heavy (non-hydrogen) atoms. The molecule has 0 saturated heterocycles. The summed E-state index contributed by atoms with van der Waals surface area (Å²) in [6.45, 7) is 1.49. The van der Waals surface area contributed by atoms with E-state index in [1.54, 1.807) is 6.20 Å². The molecule has 110 valence electrons. The zero-order valence-electron chi connectivity index (χ0n) is 12.4. The van der Waals surface area contributed by atoms with Crippen molar-refractivity contribution in [3.05, 3.63) is 54.7 Å². The van der Waals surface area contributed by atoms with Crippen LogP contribution < -0.4 is 10.2 Å². The number of aromatic nitrogens is 2. The van der Waals surface area contributed by atoms with E-state index < -0.39 is 0 Å². The highest BCUT2D eigenvalue weighted by atomic mass is 16.1. The molecule has 1 aromatic heterocycles. The lowest BCUT2D eigenvalue weighted by Gasteiger charge is -2.19. The lowest BCUT2D eigenvalue weighted by Crippen LogP contribution is -2.12. The van der Waals surface area contributed by atoms with Gasteiger partial charge in [-0.1, -0.05) is 24.3 Å². The van der Waals surface area contributed by atoms with Crippen LogP contribution in [0.3, 0.4) is 0 Å². The molecule has 2 aromatic carbocycles. The summed E-state index contributed by atoms with van der Waals surface area (Å²) in [6.07, 6.45) is 1.76. The average molecular weight is 292 g/mol. The summed E-state index contributed by atoms with van der Waals surface area (Å²) in [7, 11) is 1.95. The van der Waals surface area contributed by atoms with Crippen LogP contribution in [0.1, 0.15) is 6.92 Å². The van der Waals surface area contributed by atoms with E-state index in [2.05, 4.69) is 15.5 Å². The normalized spacial score (nSPS) is 10.5.